The Hall–Kier alpha value is -1.96. The number of amides is 1. The van der Waals surface area contributed by atoms with Crippen LogP contribution in [0.1, 0.15) is 6.42 Å². The molecule has 1 amide bonds. The first-order chi connectivity index (χ1) is 9.46. The first-order valence-corrected chi connectivity index (χ1v) is 5.82. The van der Waals surface area contributed by atoms with Gasteiger partial charge in [0.25, 0.3) is 5.91 Å². The topological polar surface area (TPSA) is 56.8 Å². The summed E-state index contributed by atoms with van der Waals surface area (Å²) < 4.78 is 46.2. The molecule has 1 aromatic carbocycles. The van der Waals surface area contributed by atoms with Gasteiger partial charge >= 0.3 is 6.18 Å². The molecule has 1 atom stereocenters. The van der Waals surface area contributed by atoms with Gasteiger partial charge in [-0.25, -0.2) is 5.48 Å². The minimum Gasteiger partial charge on any atom is -0.485 e. The second-order valence-electron chi connectivity index (χ2n) is 4.04. The Labute approximate surface area is 112 Å². The maximum Gasteiger partial charge on any atom is 0.391 e. The molecule has 0 aromatic heterocycles. The molecule has 1 aliphatic rings. The number of alkyl halides is 3. The first-order valence-electron chi connectivity index (χ1n) is 5.82. The number of halogens is 3. The lowest BCUT2D eigenvalue weighted by Gasteiger charge is -2.25. The van der Waals surface area contributed by atoms with Gasteiger partial charge in [0.2, 0.25) is 6.10 Å². The van der Waals surface area contributed by atoms with Crippen LogP contribution in [0.3, 0.4) is 0 Å². The zero-order chi connectivity index (χ0) is 14.6. The van der Waals surface area contributed by atoms with Gasteiger partial charge in [-0.1, -0.05) is 12.1 Å². The number of fused-ring (bicyclic) bond motifs is 1. The quantitative estimate of drug-likeness (QED) is 0.679. The largest absolute Gasteiger partial charge is 0.485 e. The summed E-state index contributed by atoms with van der Waals surface area (Å²) in [7, 11) is 0. The van der Waals surface area contributed by atoms with E-state index < -0.39 is 31.2 Å². The van der Waals surface area contributed by atoms with E-state index in [9.17, 15) is 18.0 Å². The van der Waals surface area contributed by atoms with E-state index in [1.54, 1.807) is 24.3 Å². The average molecular weight is 291 g/mol. The predicted molar refractivity (Wildman–Crippen MR) is 61.1 cm³/mol. The van der Waals surface area contributed by atoms with Crippen LogP contribution in [0.5, 0.6) is 11.5 Å². The van der Waals surface area contributed by atoms with Crippen LogP contribution in [0.2, 0.25) is 0 Å². The number of carbonyl (C=O) groups excluding carboxylic acids is 1. The molecule has 110 valence electrons. The highest BCUT2D eigenvalue weighted by atomic mass is 19.4. The summed E-state index contributed by atoms with van der Waals surface area (Å²) in [4.78, 5) is 16.1. The van der Waals surface area contributed by atoms with E-state index in [0.29, 0.717) is 11.5 Å². The Morgan fingerprint density at radius 1 is 1.35 bits per heavy atom. The Balaban J connectivity index is 1.77. The molecule has 0 fully saturated rings. The van der Waals surface area contributed by atoms with Crippen molar-refractivity contribution in [2.75, 3.05) is 13.2 Å². The molecule has 1 aromatic rings. The van der Waals surface area contributed by atoms with Crippen LogP contribution in [0.15, 0.2) is 24.3 Å². The second kappa shape index (κ2) is 6.00. The Morgan fingerprint density at radius 3 is 2.75 bits per heavy atom. The fourth-order valence-electron chi connectivity index (χ4n) is 1.50. The van der Waals surface area contributed by atoms with Gasteiger partial charge in [-0.3, -0.25) is 9.63 Å². The Morgan fingerprint density at radius 2 is 2.05 bits per heavy atom. The Kier molecular flexibility index (Phi) is 4.33. The van der Waals surface area contributed by atoms with E-state index in [-0.39, 0.29) is 6.61 Å². The number of hydroxylamine groups is 1. The molecule has 2 rings (SSSR count). The third-order valence-electron chi connectivity index (χ3n) is 2.46. The van der Waals surface area contributed by atoms with Crippen molar-refractivity contribution in [3.8, 4) is 11.5 Å². The molecular weight excluding hydrogens is 279 g/mol. The van der Waals surface area contributed by atoms with Crippen LogP contribution < -0.4 is 15.0 Å². The molecule has 0 bridgehead atoms. The van der Waals surface area contributed by atoms with Crippen molar-refractivity contribution >= 4 is 5.91 Å². The van der Waals surface area contributed by atoms with Gasteiger partial charge < -0.3 is 9.47 Å². The van der Waals surface area contributed by atoms with Crippen LogP contribution in [0.25, 0.3) is 0 Å². The maximum atomic E-state index is 11.9. The lowest BCUT2D eigenvalue weighted by atomic mass is 10.2. The van der Waals surface area contributed by atoms with E-state index in [0.717, 1.165) is 0 Å². The van der Waals surface area contributed by atoms with Gasteiger partial charge in [0.1, 0.15) is 6.61 Å². The smallest absolute Gasteiger partial charge is 0.391 e. The fourth-order valence-corrected chi connectivity index (χ4v) is 1.50. The second-order valence-corrected chi connectivity index (χ2v) is 4.04. The summed E-state index contributed by atoms with van der Waals surface area (Å²) in [5, 5.41) is 0. The standard InChI is InChI=1S/C12H12F3NO4/c13-12(14,15)5-6-19-16-11(17)10-7-18-8-3-1-2-4-9(8)20-10/h1-4,10H,5-7H2,(H,16,17)/t10-/m0/s1. The van der Waals surface area contributed by atoms with Crippen LogP contribution >= 0.6 is 0 Å². The first kappa shape index (κ1) is 14.4. The van der Waals surface area contributed by atoms with Crippen molar-refractivity contribution in [1.82, 2.24) is 5.48 Å². The lowest BCUT2D eigenvalue weighted by molar-refractivity contribution is -0.161. The molecule has 0 aliphatic carbocycles. The minimum absolute atomic E-state index is 0.0362. The predicted octanol–water partition coefficient (Wildman–Crippen LogP) is 1.83. The van der Waals surface area contributed by atoms with Crippen LogP contribution in [-0.4, -0.2) is 31.4 Å². The van der Waals surface area contributed by atoms with Crippen LogP contribution in [0.4, 0.5) is 13.2 Å². The summed E-state index contributed by atoms with van der Waals surface area (Å²) in [5.74, 6) is 0.213. The van der Waals surface area contributed by atoms with E-state index in [1.807, 2.05) is 5.48 Å². The van der Waals surface area contributed by atoms with Gasteiger partial charge in [0, 0.05) is 0 Å². The van der Waals surface area contributed by atoms with E-state index in [1.165, 1.54) is 0 Å². The normalized spacial score (nSPS) is 17.6. The summed E-state index contributed by atoms with van der Waals surface area (Å²) in [6.07, 6.45) is -6.43. The molecule has 1 aliphatic heterocycles. The fraction of sp³-hybridized carbons (Fsp3) is 0.417. The van der Waals surface area contributed by atoms with E-state index >= 15 is 0 Å². The molecular formula is C12H12F3NO4. The molecule has 20 heavy (non-hydrogen) atoms. The molecule has 8 heteroatoms. The van der Waals surface area contributed by atoms with Crippen molar-refractivity contribution in [3.63, 3.8) is 0 Å². The summed E-state index contributed by atoms with van der Waals surface area (Å²) >= 11 is 0. The number of hydrogen-bond donors (Lipinski definition) is 1. The highest BCUT2D eigenvalue weighted by molar-refractivity contribution is 5.80. The van der Waals surface area contributed by atoms with Crippen molar-refractivity contribution in [1.29, 1.82) is 0 Å². The molecule has 0 radical (unpaired) electrons. The van der Waals surface area contributed by atoms with Gasteiger partial charge in [0.05, 0.1) is 13.0 Å². The number of ether oxygens (including phenoxy) is 2. The molecule has 0 saturated carbocycles. The zero-order valence-corrected chi connectivity index (χ0v) is 10.3. The monoisotopic (exact) mass is 291 g/mol. The molecule has 0 saturated heterocycles. The number of benzene rings is 1. The average Bonchev–Trinajstić information content (AvgIpc) is 2.42. The summed E-state index contributed by atoms with van der Waals surface area (Å²) in [6, 6.07) is 6.77. The van der Waals surface area contributed by atoms with Gasteiger partial charge in [0.15, 0.2) is 11.5 Å². The van der Waals surface area contributed by atoms with Gasteiger partial charge in [-0.2, -0.15) is 13.2 Å². The molecule has 1 heterocycles. The van der Waals surface area contributed by atoms with Crippen molar-refractivity contribution < 1.29 is 32.3 Å². The summed E-state index contributed by atoms with van der Waals surface area (Å²) in [5.41, 5.74) is 1.91. The third-order valence-corrected chi connectivity index (χ3v) is 2.46. The lowest BCUT2D eigenvalue weighted by Crippen LogP contribution is -2.44. The number of carbonyl (C=O) groups is 1. The highest BCUT2D eigenvalue weighted by Gasteiger charge is 2.29. The van der Waals surface area contributed by atoms with Crippen molar-refractivity contribution in [3.05, 3.63) is 24.3 Å². The molecule has 0 spiro atoms. The number of hydrogen-bond acceptors (Lipinski definition) is 4. The molecule has 1 N–H and O–H groups in total. The number of rotatable bonds is 4. The zero-order valence-electron chi connectivity index (χ0n) is 10.3. The minimum atomic E-state index is -4.33. The van der Waals surface area contributed by atoms with Gasteiger partial charge in [-0.05, 0) is 12.1 Å². The van der Waals surface area contributed by atoms with E-state index in [2.05, 4.69) is 4.84 Å². The SMILES string of the molecule is O=C(NOCCC(F)(F)F)[C@@H]1COc2ccccc2O1. The van der Waals surface area contributed by atoms with Gasteiger partial charge in [-0.15, -0.1) is 0 Å². The third kappa shape index (κ3) is 4.02. The van der Waals surface area contributed by atoms with Crippen LogP contribution in [0, 0.1) is 0 Å². The summed E-state index contributed by atoms with van der Waals surface area (Å²) in [6.45, 7) is -0.690. The number of para-hydroxylation sites is 2. The van der Waals surface area contributed by atoms with Crippen molar-refractivity contribution in [2.45, 2.75) is 18.7 Å². The van der Waals surface area contributed by atoms with Crippen LogP contribution in [-0.2, 0) is 9.63 Å². The number of nitrogens with one attached hydrogen (secondary N) is 1. The van der Waals surface area contributed by atoms with Crippen molar-refractivity contribution in [2.24, 2.45) is 0 Å². The highest BCUT2D eigenvalue weighted by Crippen LogP contribution is 2.30. The molecule has 0 unspecified atom stereocenters. The maximum absolute atomic E-state index is 11.9. The Bertz CT molecular complexity index is 478. The molecule has 5 nitrogen and oxygen atoms in total. The van der Waals surface area contributed by atoms with E-state index in [4.69, 9.17) is 9.47 Å².